The second-order valence-electron chi connectivity index (χ2n) is 9.17. The van der Waals surface area contributed by atoms with Gasteiger partial charge in [-0.25, -0.2) is 4.98 Å². The van der Waals surface area contributed by atoms with Crippen LogP contribution in [-0.2, 0) is 17.8 Å². The third-order valence-electron chi connectivity index (χ3n) is 6.74. The van der Waals surface area contributed by atoms with Gasteiger partial charge in [-0.15, -0.1) is 0 Å². The van der Waals surface area contributed by atoms with Crippen molar-refractivity contribution < 1.29 is 24.1 Å². The van der Waals surface area contributed by atoms with Gasteiger partial charge in [-0.05, 0) is 47.9 Å². The zero-order chi connectivity index (χ0) is 26.5. The van der Waals surface area contributed by atoms with Crippen molar-refractivity contribution in [3.05, 3.63) is 102 Å². The smallest absolute Gasteiger partial charge is 0.230 e. The molecule has 194 valence electrons. The molecule has 2 heterocycles. The normalized spacial score (nSPS) is 13.6. The molecule has 0 radical (unpaired) electrons. The quantitative estimate of drug-likeness (QED) is 0.367. The van der Waals surface area contributed by atoms with Crippen molar-refractivity contribution in [1.82, 2.24) is 9.88 Å². The SMILES string of the molecule is COc1cccc(-c2cc3c(c(OC)c2)OCCN(C(=O)[C@@H](Cc2ccc(O)cc2)c2ccccc2)C3)n1. The van der Waals surface area contributed by atoms with E-state index >= 15 is 0 Å². The van der Waals surface area contributed by atoms with Crippen LogP contribution >= 0.6 is 0 Å². The number of carbonyl (C=O) groups excluding carboxylic acids is 1. The van der Waals surface area contributed by atoms with E-state index in [0.717, 1.165) is 27.9 Å². The minimum absolute atomic E-state index is 0.0181. The molecule has 4 aromatic rings. The first-order chi connectivity index (χ1) is 18.6. The third kappa shape index (κ3) is 5.42. The molecule has 1 aromatic heterocycles. The molecule has 1 N–H and O–H groups in total. The Kier molecular flexibility index (Phi) is 7.45. The number of pyridine rings is 1. The zero-order valence-electron chi connectivity index (χ0n) is 21.5. The number of hydrogen-bond acceptors (Lipinski definition) is 6. The molecule has 0 spiro atoms. The third-order valence-corrected chi connectivity index (χ3v) is 6.74. The summed E-state index contributed by atoms with van der Waals surface area (Å²) in [6, 6.07) is 26.3. The summed E-state index contributed by atoms with van der Waals surface area (Å²) in [6.45, 7) is 1.18. The minimum Gasteiger partial charge on any atom is -0.508 e. The van der Waals surface area contributed by atoms with E-state index in [1.807, 2.05) is 71.6 Å². The highest BCUT2D eigenvalue weighted by Gasteiger charge is 2.29. The van der Waals surface area contributed by atoms with Gasteiger partial charge in [0.1, 0.15) is 12.4 Å². The van der Waals surface area contributed by atoms with E-state index < -0.39 is 0 Å². The Hall–Kier alpha value is -4.52. The molecule has 1 amide bonds. The molecule has 0 saturated heterocycles. The number of fused-ring (bicyclic) bond motifs is 1. The van der Waals surface area contributed by atoms with Gasteiger partial charge in [0, 0.05) is 23.7 Å². The molecule has 0 fully saturated rings. The van der Waals surface area contributed by atoms with Crippen LogP contribution in [0.3, 0.4) is 0 Å². The van der Waals surface area contributed by atoms with Crippen molar-refractivity contribution in [1.29, 1.82) is 0 Å². The summed E-state index contributed by atoms with van der Waals surface area (Å²) in [4.78, 5) is 20.5. The van der Waals surface area contributed by atoms with Crippen LogP contribution in [0.4, 0.5) is 0 Å². The number of phenols is 1. The fourth-order valence-corrected chi connectivity index (χ4v) is 4.78. The van der Waals surface area contributed by atoms with Gasteiger partial charge in [0.05, 0.1) is 32.4 Å². The van der Waals surface area contributed by atoms with Gasteiger partial charge >= 0.3 is 0 Å². The summed E-state index contributed by atoms with van der Waals surface area (Å²) in [7, 11) is 3.20. The maximum Gasteiger partial charge on any atom is 0.230 e. The van der Waals surface area contributed by atoms with Gasteiger partial charge < -0.3 is 24.2 Å². The predicted octanol–water partition coefficient (Wildman–Crippen LogP) is 5.22. The van der Waals surface area contributed by atoms with Crippen molar-refractivity contribution in [3.63, 3.8) is 0 Å². The van der Waals surface area contributed by atoms with Gasteiger partial charge in [0.15, 0.2) is 11.5 Å². The number of ether oxygens (including phenoxy) is 3. The van der Waals surface area contributed by atoms with Crippen LogP contribution in [0.1, 0.15) is 22.6 Å². The van der Waals surface area contributed by atoms with Crippen LogP contribution in [0.2, 0.25) is 0 Å². The summed E-state index contributed by atoms with van der Waals surface area (Å²) in [5.41, 5.74) is 4.36. The molecule has 1 atom stereocenters. The summed E-state index contributed by atoms with van der Waals surface area (Å²) in [5.74, 6) is 1.60. The van der Waals surface area contributed by atoms with E-state index in [1.165, 1.54) is 0 Å². The summed E-state index contributed by atoms with van der Waals surface area (Å²) >= 11 is 0. The summed E-state index contributed by atoms with van der Waals surface area (Å²) in [6.07, 6.45) is 0.518. The van der Waals surface area contributed by atoms with Crippen molar-refractivity contribution >= 4 is 5.91 Å². The van der Waals surface area contributed by atoms with Crippen molar-refractivity contribution in [2.45, 2.75) is 18.9 Å². The van der Waals surface area contributed by atoms with E-state index in [2.05, 4.69) is 4.98 Å². The van der Waals surface area contributed by atoms with Gasteiger partial charge in [0.2, 0.25) is 11.8 Å². The Morgan fingerprint density at radius 3 is 2.53 bits per heavy atom. The van der Waals surface area contributed by atoms with E-state index in [1.54, 1.807) is 32.4 Å². The molecule has 7 heteroatoms. The number of phenolic OH excluding ortho intramolecular Hbond substituents is 1. The summed E-state index contributed by atoms with van der Waals surface area (Å²) in [5, 5.41) is 9.71. The standard InChI is InChI=1S/C31H30N2O5/c1-36-28-19-23(27-9-6-10-29(32-27)37-2)18-24-20-33(15-16-38-30(24)28)31(35)26(22-7-4-3-5-8-22)17-21-11-13-25(34)14-12-21/h3-14,18-19,26,34H,15-17,20H2,1-2H3/t26-/m0/s1. The zero-order valence-corrected chi connectivity index (χ0v) is 21.5. The van der Waals surface area contributed by atoms with Crippen molar-refractivity contribution in [3.8, 4) is 34.4 Å². The molecule has 5 rings (SSSR count). The van der Waals surface area contributed by atoms with Crippen molar-refractivity contribution in [2.75, 3.05) is 27.4 Å². The van der Waals surface area contributed by atoms with Gasteiger partial charge in [-0.3, -0.25) is 4.79 Å². The number of hydrogen-bond donors (Lipinski definition) is 1. The maximum atomic E-state index is 14.1. The molecule has 3 aromatic carbocycles. The van der Waals surface area contributed by atoms with Gasteiger partial charge in [-0.1, -0.05) is 48.5 Å². The fourth-order valence-electron chi connectivity index (χ4n) is 4.78. The number of amides is 1. The van der Waals surface area contributed by atoms with Crippen LogP contribution < -0.4 is 14.2 Å². The Labute approximate surface area is 222 Å². The average Bonchev–Trinajstić information content (AvgIpc) is 3.19. The number of aromatic nitrogens is 1. The Balaban J connectivity index is 1.49. The van der Waals surface area contributed by atoms with Crippen molar-refractivity contribution in [2.24, 2.45) is 0 Å². The Morgan fingerprint density at radius 1 is 1.00 bits per heavy atom. The van der Waals surface area contributed by atoms with Crippen LogP contribution in [0.25, 0.3) is 11.3 Å². The monoisotopic (exact) mass is 510 g/mol. The molecule has 0 saturated carbocycles. The number of carbonyl (C=O) groups is 1. The lowest BCUT2D eigenvalue weighted by molar-refractivity contribution is -0.133. The number of aromatic hydroxyl groups is 1. The van der Waals surface area contributed by atoms with Gasteiger partial charge in [0.25, 0.3) is 0 Å². The van der Waals surface area contributed by atoms with E-state index in [4.69, 9.17) is 14.2 Å². The molecule has 7 nitrogen and oxygen atoms in total. The molecule has 1 aliphatic heterocycles. The molecule has 0 unspecified atom stereocenters. The molecular formula is C31H30N2O5. The number of nitrogens with zero attached hydrogens (tertiary/aromatic N) is 2. The van der Waals surface area contributed by atoms with E-state index in [0.29, 0.717) is 43.5 Å². The Morgan fingerprint density at radius 2 is 1.79 bits per heavy atom. The highest BCUT2D eigenvalue weighted by atomic mass is 16.5. The van der Waals surface area contributed by atoms with Crippen LogP contribution in [-0.4, -0.2) is 48.3 Å². The molecule has 38 heavy (non-hydrogen) atoms. The minimum atomic E-state index is -0.382. The first kappa shape index (κ1) is 25.1. The average molecular weight is 511 g/mol. The lowest BCUT2D eigenvalue weighted by atomic mass is 9.90. The second kappa shape index (κ2) is 11.3. The van der Waals surface area contributed by atoms with Gasteiger partial charge in [-0.2, -0.15) is 0 Å². The number of benzene rings is 3. The largest absolute Gasteiger partial charge is 0.508 e. The van der Waals surface area contributed by atoms with Crippen LogP contribution in [0.15, 0.2) is 84.9 Å². The molecule has 1 aliphatic rings. The maximum absolute atomic E-state index is 14.1. The topological polar surface area (TPSA) is 81.1 Å². The summed E-state index contributed by atoms with van der Waals surface area (Å²) < 4.78 is 17.1. The number of methoxy groups -OCH3 is 2. The van der Waals surface area contributed by atoms with E-state index in [9.17, 15) is 9.90 Å². The lowest BCUT2D eigenvalue weighted by Crippen LogP contribution is -2.37. The highest BCUT2D eigenvalue weighted by molar-refractivity contribution is 5.84. The number of rotatable bonds is 7. The predicted molar refractivity (Wildman–Crippen MR) is 145 cm³/mol. The second-order valence-corrected chi connectivity index (χ2v) is 9.17. The van der Waals surface area contributed by atoms with Crippen LogP contribution in [0, 0.1) is 0 Å². The molecular weight excluding hydrogens is 480 g/mol. The van der Waals surface area contributed by atoms with Crippen LogP contribution in [0.5, 0.6) is 23.1 Å². The first-order valence-corrected chi connectivity index (χ1v) is 12.5. The molecule has 0 aliphatic carbocycles. The Bertz CT molecular complexity index is 1410. The lowest BCUT2D eigenvalue weighted by Gasteiger charge is -2.26. The first-order valence-electron chi connectivity index (χ1n) is 12.5. The van der Waals surface area contributed by atoms with E-state index in [-0.39, 0.29) is 17.6 Å². The highest BCUT2D eigenvalue weighted by Crippen LogP contribution is 2.39. The molecule has 0 bridgehead atoms. The fraction of sp³-hybridized carbons (Fsp3) is 0.226.